The maximum atomic E-state index is 11.8. The molecule has 1 aromatic rings. The van der Waals surface area contributed by atoms with E-state index >= 15 is 0 Å². The second-order valence-electron chi connectivity index (χ2n) is 4.10. The van der Waals surface area contributed by atoms with Crippen molar-refractivity contribution in [2.75, 3.05) is 0 Å². The number of rotatable bonds is 1. The minimum Gasteiger partial charge on any atom is -0.358 e. The van der Waals surface area contributed by atoms with E-state index in [1.807, 2.05) is 12.1 Å². The fourth-order valence-corrected chi connectivity index (χ4v) is 2.66. The summed E-state index contributed by atoms with van der Waals surface area (Å²) in [7, 11) is 0. The van der Waals surface area contributed by atoms with Crippen molar-refractivity contribution in [2.24, 2.45) is 0 Å². The highest BCUT2D eigenvalue weighted by atomic mass is 79.9. The number of ether oxygens (including phenoxy) is 1. The van der Waals surface area contributed by atoms with Crippen LogP contribution in [-0.2, 0) is 9.53 Å². The van der Waals surface area contributed by atoms with Crippen LogP contribution in [0.1, 0.15) is 25.5 Å². The van der Waals surface area contributed by atoms with Crippen molar-refractivity contribution < 1.29 is 9.53 Å². The molecule has 80 valence electrons. The summed E-state index contributed by atoms with van der Waals surface area (Å²) in [6.07, 6.45) is 3.19. The molecule has 1 aliphatic rings. The molecule has 2 rings (SSSR count). The monoisotopic (exact) mass is 269 g/mol. The van der Waals surface area contributed by atoms with Crippen molar-refractivity contribution in [3.05, 3.63) is 30.1 Å². The number of nitrogens with zero attached hydrogens (tertiary/aromatic N) is 1. The molecule has 0 radical (unpaired) electrons. The lowest BCUT2D eigenvalue weighted by atomic mass is 10.0. The fraction of sp³-hybridized carbons (Fsp3) is 0.455. The highest BCUT2D eigenvalue weighted by Crippen LogP contribution is 2.40. The van der Waals surface area contributed by atoms with Gasteiger partial charge in [0.1, 0.15) is 16.5 Å². The summed E-state index contributed by atoms with van der Waals surface area (Å²) in [6.45, 7) is 3.59. The molecule has 1 aliphatic heterocycles. The second kappa shape index (κ2) is 3.68. The molecule has 0 aliphatic carbocycles. The Morgan fingerprint density at radius 1 is 1.40 bits per heavy atom. The molecule has 15 heavy (non-hydrogen) atoms. The Morgan fingerprint density at radius 3 is 2.47 bits per heavy atom. The van der Waals surface area contributed by atoms with Gasteiger partial charge < -0.3 is 4.74 Å². The lowest BCUT2D eigenvalue weighted by Gasteiger charge is -2.17. The molecule has 4 heteroatoms. The molecule has 1 saturated heterocycles. The van der Waals surface area contributed by atoms with Crippen LogP contribution >= 0.6 is 15.9 Å². The number of carbonyl (C=O) groups is 1. The summed E-state index contributed by atoms with van der Waals surface area (Å²) in [6, 6.07) is 3.74. The van der Waals surface area contributed by atoms with Crippen LogP contribution in [0.25, 0.3) is 0 Å². The zero-order valence-corrected chi connectivity index (χ0v) is 10.2. The maximum Gasteiger partial charge on any atom is 0.180 e. The number of halogens is 1. The van der Waals surface area contributed by atoms with E-state index in [9.17, 15) is 4.79 Å². The van der Waals surface area contributed by atoms with E-state index in [-0.39, 0.29) is 16.7 Å². The molecule has 2 unspecified atom stereocenters. The Bertz CT molecular complexity index is 377. The van der Waals surface area contributed by atoms with Crippen molar-refractivity contribution in [1.29, 1.82) is 0 Å². The van der Waals surface area contributed by atoms with E-state index in [2.05, 4.69) is 20.9 Å². The number of aromatic nitrogens is 1. The summed E-state index contributed by atoms with van der Waals surface area (Å²) in [5, 5.41) is 0. The van der Waals surface area contributed by atoms with Gasteiger partial charge in [0.15, 0.2) is 5.78 Å². The smallest absolute Gasteiger partial charge is 0.180 e. The Balaban J connectivity index is 2.31. The Hall–Kier alpha value is -0.740. The molecule has 0 bridgehead atoms. The highest BCUT2D eigenvalue weighted by molar-refractivity contribution is 9.10. The molecule has 0 N–H and O–H groups in total. The zero-order valence-electron chi connectivity index (χ0n) is 8.61. The van der Waals surface area contributed by atoms with Gasteiger partial charge in [0.05, 0.1) is 0 Å². The van der Waals surface area contributed by atoms with Gasteiger partial charge >= 0.3 is 0 Å². The van der Waals surface area contributed by atoms with Gasteiger partial charge in [0, 0.05) is 12.4 Å². The van der Waals surface area contributed by atoms with E-state index in [1.165, 1.54) is 0 Å². The number of carbonyl (C=O) groups excluding carboxylic acids is 1. The van der Waals surface area contributed by atoms with Gasteiger partial charge in [0.25, 0.3) is 0 Å². The van der Waals surface area contributed by atoms with Crippen molar-refractivity contribution >= 4 is 21.7 Å². The lowest BCUT2D eigenvalue weighted by molar-refractivity contribution is -0.129. The van der Waals surface area contributed by atoms with Crippen molar-refractivity contribution in [3.8, 4) is 0 Å². The van der Waals surface area contributed by atoms with Gasteiger partial charge in [-0.2, -0.15) is 0 Å². The van der Waals surface area contributed by atoms with Crippen molar-refractivity contribution in [2.45, 2.75) is 30.4 Å². The number of Topliss-reactive ketones (excluding diaryl/α,β-unsaturated/α-hetero) is 1. The third-order valence-electron chi connectivity index (χ3n) is 2.57. The molecule has 1 fully saturated rings. The van der Waals surface area contributed by atoms with Crippen LogP contribution in [0, 0.1) is 0 Å². The highest BCUT2D eigenvalue weighted by Gasteiger charge is 2.47. The molecule has 2 heterocycles. The number of pyridine rings is 1. The average molecular weight is 270 g/mol. The molecular weight excluding hydrogens is 258 g/mol. The van der Waals surface area contributed by atoms with Gasteiger partial charge in [-0.25, -0.2) is 0 Å². The zero-order chi connectivity index (χ0) is 11.1. The number of hydrogen-bond acceptors (Lipinski definition) is 3. The molecule has 3 nitrogen and oxygen atoms in total. The molecule has 0 amide bonds. The molecule has 1 aromatic heterocycles. The van der Waals surface area contributed by atoms with Gasteiger partial charge in [-0.1, -0.05) is 15.9 Å². The van der Waals surface area contributed by atoms with E-state index in [0.717, 1.165) is 5.56 Å². The molecule has 0 saturated carbocycles. The fourth-order valence-electron chi connectivity index (χ4n) is 1.69. The Kier molecular flexibility index (Phi) is 2.64. The number of hydrogen-bond donors (Lipinski definition) is 0. The second-order valence-corrected chi connectivity index (χ2v) is 5.08. The van der Waals surface area contributed by atoms with Gasteiger partial charge in [-0.05, 0) is 31.5 Å². The summed E-state index contributed by atoms with van der Waals surface area (Å²) >= 11 is 3.39. The first-order valence-electron chi connectivity index (χ1n) is 4.78. The number of alkyl halides is 1. The largest absolute Gasteiger partial charge is 0.358 e. The minimum absolute atomic E-state index is 0.0873. The van der Waals surface area contributed by atoms with E-state index in [1.54, 1.807) is 26.2 Å². The summed E-state index contributed by atoms with van der Waals surface area (Å²) in [5.74, 6) is 0.0873. The van der Waals surface area contributed by atoms with E-state index in [4.69, 9.17) is 4.74 Å². The number of ketones is 1. The Morgan fingerprint density at radius 2 is 2.00 bits per heavy atom. The van der Waals surface area contributed by atoms with Gasteiger partial charge in [-0.3, -0.25) is 9.78 Å². The topological polar surface area (TPSA) is 39.2 Å². The summed E-state index contributed by atoms with van der Waals surface area (Å²) < 4.78 is 5.74. The lowest BCUT2D eigenvalue weighted by Crippen LogP contribution is -2.29. The van der Waals surface area contributed by atoms with E-state index < -0.39 is 5.60 Å². The summed E-state index contributed by atoms with van der Waals surface area (Å²) in [4.78, 5) is 15.5. The van der Waals surface area contributed by atoms with Crippen LogP contribution in [-0.4, -0.2) is 21.2 Å². The molecule has 0 spiro atoms. The Labute approximate surface area is 97.0 Å². The predicted molar refractivity (Wildman–Crippen MR) is 59.9 cm³/mol. The average Bonchev–Trinajstić information content (AvgIpc) is 2.44. The predicted octanol–water partition coefficient (Wildman–Crippen LogP) is 2.26. The quantitative estimate of drug-likeness (QED) is 0.735. The van der Waals surface area contributed by atoms with Crippen LogP contribution in [0.5, 0.6) is 0 Å². The van der Waals surface area contributed by atoms with Crippen LogP contribution in [0.3, 0.4) is 0 Å². The molecule has 0 aromatic carbocycles. The van der Waals surface area contributed by atoms with Gasteiger partial charge in [-0.15, -0.1) is 0 Å². The molecular formula is C11H12BrNO2. The van der Waals surface area contributed by atoms with Crippen LogP contribution < -0.4 is 0 Å². The maximum absolute atomic E-state index is 11.8. The molecule has 2 atom stereocenters. The SMILES string of the molecule is CC1(C)OC(c2ccncc2)C(Br)C1=O. The minimum atomic E-state index is -0.706. The summed E-state index contributed by atoms with van der Waals surface area (Å²) in [5.41, 5.74) is 0.271. The third-order valence-corrected chi connectivity index (χ3v) is 3.46. The van der Waals surface area contributed by atoms with Crippen molar-refractivity contribution in [3.63, 3.8) is 0 Å². The first-order chi connectivity index (χ1) is 7.02. The van der Waals surface area contributed by atoms with Gasteiger partial charge in [0.2, 0.25) is 0 Å². The van der Waals surface area contributed by atoms with Crippen LogP contribution in [0.2, 0.25) is 0 Å². The van der Waals surface area contributed by atoms with E-state index in [0.29, 0.717) is 0 Å². The van der Waals surface area contributed by atoms with Crippen LogP contribution in [0.15, 0.2) is 24.5 Å². The first kappa shape index (κ1) is 10.8. The third kappa shape index (κ3) is 1.84. The normalized spacial score (nSPS) is 29.4. The van der Waals surface area contributed by atoms with Crippen LogP contribution in [0.4, 0.5) is 0 Å². The van der Waals surface area contributed by atoms with Crippen molar-refractivity contribution in [1.82, 2.24) is 4.98 Å². The standard InChI is InChI=1S/C11H12BrNO2/c1-11(2)10(14)8(12)9(15-11)7-3-5-13-6-4-7/h3-6,8-9H,1-2H3. The first-order valence-corrected chi connectivity index (χ1v) is 5.70.